The topological polar surface area (TPSA) is 15.7 Å². The quantitative estimate of drug-likeness (QED) is 0.729. The molecule has 3 nitrogen and oxygen atoms in total. The number of ether oxygens (including phenoxy) is 1. The smallest absolute Gasteiger partial charge is 0.0832 e. The monoisotopic (exact) mass is 240 g/mol. The molecule has 2 heterocycles. The summed E-state index contributed by atoms with van der Waals surface area (Å²) in [6.07, 6.45) is 3.51. The van der Waals surface area contributed by atoms with Gasteiger partial charge in [0.2, 0.25) is 0 Å². The molecule has 100 valence electrons. The summed E-state index contributed by atoms with van der Waals surface area (Å²) in [5.41, 5.74) is 0. The molecule has 2 rings (SSSR count). The van der Waals surface area contributed by atoms with Crippen LogP contribution < -0.4 is 0 Å². The summed E-state index contributed by atoms with van der Waals surface area (Å²) in [4.78, 5) is 5.03. The molecule has 0 saturated carbocycles. The summed E-state index contributed by atoms with van der Waals surface area (Å²) in [7, 11) is 0. The van der Waals surface area contributed by atoms with Crippen molar-refractivity contribution in [3.8, 4) is 0 Å². The molecule has 3 heteroatoms. The van der Waals surface area contributed by atoms with Gasteiger partial charge in [0, 0.05) is 32.7 Å². The van der Waals surface area contributed by atoms with Gasteiger partial charge in [-0.25, -0.2) is 0 Å². The Morgan fingerprint density at radius 1 is 1.06 bits per heavy atom. The van der Waals surface area contributed by atoms with Crippen LogP contribution in [0.25, 0.3) is 0 Å². The first kappa shape index (κ1) is 13.3. The molecule has 2 saturated heterocycles. The maximum atomic E-state index is 6.16. The molecule has 0 unspecified atom stereocenters. The van der Waals surface area contributed by atoms with E-state index in [0.29, 0.717) is 12.2 Å². The van der Waals surface area contributed by atoms with Gasteiger partial charge in [0.1, 0.15) is 0 Å². The molecule has 0 aromatic carbocycles. The van der Waals surface area contributed by atoms with Crippen molar-refractivity contribution >= 4 is 0 Å². The summed E-state index contributed by atoms with van der Waals surface area (Å²) in [5, 5.41) is 0. The Bertz CT molecular complexity index is 218. The number of rotatable bonds is 5. The highest BCUT2D eigenvalue weighted by molar-refractivity contribution is 4.83. The standard InChI is InChI=1S/C14H28N2O/c1-4-15-7-5-13(6-8-15)17-14-10-16(11-14)9-12(2)3/h12-14H,4-11H2,1-3H3. The second-order valence-electron chi connectivity index (χ2n) is 6.00. The number of nitrogens with zero attached hydrogens (tertiary/aromatic N) is 2. The van der Waals surface area contributed by atoms with Crippen molar-refractivity contribution in [3.63, 3.8) is 0 Å². The van der Waals surface area contributed by atoms with E-state index in [9.17, 15) is 0 Å². The van der Waals surface area contributed by atoms with Crippen LogP contribution in [0, 0.1) is 5.92 Å². The fourth-order valence-corrected chi connectivity index (χ4v) is 2.91. The number of piperidine rings is 1. The Kier molecular flexibility index (Phi) is 4.83. The minimum Gasteiger partial charge on any atom is -0.372 e. The largest absolute Gasteiger partial charge is 0.372 e. The predicted molar refractivity (Wildman–Crippen MR) is 71.3 cm³/mol. The van der Waals surface area contributed by atoms with Crippen molar-refractivity contribution < 1.29 is 4.74 Å². The highest BCUT2D eigenvalue weighted by Gasteiger charge is 2.30. The molecule has 2 aliphatic rings. The Morgan fingerprint density at radius 3 is 2.24 bits per heavy atom. The molecular weight excluding hydrogens is 212 g/mol. The van der Waals surface area contributed by atoms with Gasteiger partial charge in [-0.3, -0.25) is 4.90 Å². The lowest BCUT2D eigenvalue weighted by Crippen LogP contribution is -2.55. The molecule has 0 aliphatic carbocycles. The van der Waals surface area contributed by atoms with Crippen molar-refractivity contribution in [1.29, 1.82) is 0 Å². The van der Waals surface area contributed by atoms with E-state index in [1.165, 1.54) is 39.0 Å². The van der Waals surface area contributed by atoms with Gasteiger partial charge in [-0.15, -0.1) is 0 Å². The summed E-state index contributed by atoms with van der Waals surface area (Å²) in [6.45, 7) is 14.0. The number of hydrogen-bond donors (Lipinski definition) is 0. The van der Waals surface area contributed by atoms with Gasteiger partial charge >= 0.3 is 0 Å². The van der Waals surface area contributed by atoms with Crippen LogP contribution in [0.2, 0.25) is 0 Å². The molecular formula is C14H28N2O. The molecule has 0 bridgehead atoms. The second-order valence-corrected chi connectivity index (χ2v) is 6.00. The molecule has 0 amide bonds. The lowest BCUT2D eigenvalue weighted by Gasteiger charge is -2.43. The first-order chi connectivity index (χ1) is 8.17. The third kappa shape index (κ3) is 3.94. The molecule has 0 aromatic rings. The lowest BCUT2D eigenvalue weighted by atomic mass is 10.1. The molecule has 0 radical (unpaired) electrons. The summed E-state index contributed by atoms with van der Waals surface area (Å²) >= 11 is 0. The van der Waals surface area contributed by atoms with Crippen LogP contribution in [0.5, 0.6) is 0 Å². The van der Waals surface area contributed by atoms with Crippen molar-refractivity contribution in [2.75, 3.05) is 39.3 Å². The minimum absolute atomic E-state index is 0.520. The van der Waals surface area contributed by atoms with E-state index in [-0.39, 0.29) is 0 Å². The van der Waals surface area contributed by atoms with E-state index in [2.05, 4.69) is 30.6 Å². The first-order valence-corrected chi connectivity index (χ1v) is 7.27. The van der Waals surface area contributed by atoms with E-state index in [1.54, 1.807) is 0 Å². The summed E-state index contributed by atoms with van der Waals surface area (Å²) in [5.74, 6) is 0.781. The van der Waals surface area contributed by atoms with Gasteiger partial charge in [0.15, 0.2) is 0 Å². The SMILES string of the molecule is CCN1CCC(OC2CN(CC(C)C)C2)CC1. The highest BCUT2D eigenvalue weighted by atomic mass is 16.5. The van der Waals surface area contributed by atoms with Crippen LogP contribution in [0.1, 0.15) is 33.6 Å². The van der Waals surface area contributed by atoms with E-state index in [1.807, 2.05) is 0 Å². The fraction of sp³-hybridized carbons (Fsp3) is 1.00. The molecule has 17 heavy (non-hydrogen) atoms. The molecule has 0 N–H and O–H groups in total. The zero-order valence-corrected chi connectivity index (χ0v) is 11.7. The van der Waals surface area contributed by atoms with Gasteiger partial charge < -0.3 is 9.64 Å². The first-order valence-electron chi connectivity index (χ1n) is 7.27. The summed E-state index contributed by atoms with van der Waals surface area (Å²) < 4.78 is 6.16. The Morgan fingerprint density at radius 2 is 1.71 bits per heavy atom. The Labute approximate surface area is 106 Å². The van der Waals surface area contributed by atoms with Crippen LogP contribution in [0.4, 0.5) is 0 Å². The minimum atomic E-state index is 0.520. The van der Waals surface area contributed by atoms with Crippen LogP contribution >= 0.6 is 0 Å². The van der Waals surface area contributed by atoms with Crippen LogP contribution in [-0.4, -0.2) is 61.3 Å². The zero-order chi connectivity index (χ0) is 12.3. The second kappa shape index (κ2) is 6.17. The predicted octanol–water partition coefficient (Wildman–Crippen LogP) is 1.83. The van der Waals surface area contributed by atoms with Crippen molar-refractivity contribution in [1.82, 2.24) is 9.80 Å². The Hall–Kier alpha value is -0.120. The number of hydrogen-bond acceptors (Lipinski definition) is 3. The average Bonchev–Trinajstić information content (AvgIpc) is 2.26. The molecule has 0 spiro atoms. The maximum Gasteiger partial charge on any atom is 0.0832 e. The normalized spacial score (nSPS) is 25.4. The van der Waals surface area contributed by atoms with Crippen LogP contribution in [0.3, 0.4) is 0 Å². The van der Waals surface area contributed by atoms with Gasteiger partial charge in [-0.05, 0) is 25.3 Å². The Balaban J connectivity index is 1.58. The van der Waals surface area contributed by atoms with Crippen molar-refractivity contribution in [2.45, 2.75) is 45.8 Å². The highest BCUT2D eigenvalue weighted by Crippen LogP contribution is 2.20. The third-order valence-electron chi connectivity index (χ3n) is 3.91. The van der Waals surface area contributed by atoms with Gasteiger partial charge in [-0.1, -0.05) is 20.8 Å². The van der Waals surface area contributed by atoms with Crippen molar-refractivity contribution in [2.24, 2.45) is 5.92 Å². The zero-order valence-electron chi connectivity index (χ0n) is 11.7. The third-order valence-corrected chi connectivity index (χ3v) is 3.91. The molecule has 2 fully saturated rings. The fourth-order valence-electron chi connectivity index (χ4n) is 2.91. The molecule has 0 aromatic heterocycles. The van der Waals surface area contributed by atoms with Gasteiger partial charge in [0.25, 0.3) is 0 Å². The van der Waals surface area contributed by atoms with Gasteiger partial charge in [0.05, 0.1) is 12.2 Å². The summed E-state index contributed by atoms with van der Waals surface area (Å²) in [6, 6.07) is 0. The maximum absolute atomic E-state index is 6.16. The molecule has 2 aliphatic heterocycles. The average molecular weight is 240 g/mol. The molecule has 0 atom stereocenters. The van der Waals surface area contributed by atoms with E-state index in [4.69, 9.17) is 4.74 Å². The lowest BCUT2D eigenvalue weighted by molar-refractivity contribution is -0.109. The van der Waals surface area contributed by atoms with Crippen LogP contribution in [-0.2, 0) is 4.74 Å². The van der Waals surface area contributed by atoms with Crippen molar-refractivity contribution in [3.05, 3.63) is 0 Å². The van der Waals surface area contributed by atoms with E-state index < -0.39 is 0 Å². The van der Waals surface area contributed by atoms with E-state index in [0.717, 1.165) is 19.0 Å². The van der Waals surface area contributed by atoms with E-state index >= 15 is 0 Å². The number of likely N-dealkylation sites (tertiary alicyclic amines) is 2. The van der Waals surface area contributed by atoms with Gasteiger partial charge in [-0.2, -0.15) is 0 Å². The van der Waals surface area contributed by atoms with Crippen LogP contribution in [0.15, 0.2) is 0 Å².